The second-order valence-corrected chi connectivity index (χ2v) is 6.88. The minimum absolute atomic E-state index is 0.168. The number of nitrogens with two attached hydrogens (primary N) is 1. The monoisotopic (exact) mass is 331 g/mol. The van der Waals surface area contributed by atoms with Crippen molar-refractivity contribution in [2.45, 2.75) is 10.8 Å². The van der Waals surface area contributed by atoms with Crippen LogP contribution in [0.2, 0.25) is 5.02 Å². The van der Waals surface area contributed by atoms with Gasteiger partial charge in [-0.3, -0.25) is 0 Å². The Hall–Kier alpha value is -1.66. The molecule has 0 atom stereocenters. The summed E-state index contributed by atoms with van der Waals surface area (Å²) in [5.74, 6) is -4.86. The van der Waals surface area contributed by atoms with Crippen LogP contribution in [0.5, 0.6) is 0 Å². The Kier molecular flexibility index (Phi) is 4.20. The van der Waals surface area contributed by atoms with E-state index < -0.39 is 21.5 Å². The Bertz CT molecular complexity index is 749. The molecule has 0 bridgehead atoms. The van der Waals surface area contributed by atoms with Gasteiger partial charge in [0.2, 0.25) is 0 Å². The largest absolute Gasteiger partial charge is 0.399 e. The maximum Gasteiger partial charge on any atom is 0.287 e. The van der Waals surface area contributed by atoms with E-state index in [9.17, 15) is 17.2 Å². The van der Waals surface area contributed by atoms with Crippen molar-refractivity contribution in [2.24, 2.45) is 0 Å². The minimum Gasteiger partial charge on any atom is -0.399 e. The number of rotatable bonds is 4. The molecule has 0 spiro atoms. The average Bonchev–Trinajstić information content (AvgIpc) is 2.38. The lowest BCUT2D eigenvalue weighted by Crippen LogP contribution is -2.26. The summed E-state index contributed by atoms with van der Waals surface area (Å²) >= 11 is 5.78. The predicted octanol–water partition coefficient (Wildman–Crippen LogP) is 3.49. The second kappa shape index (κ2) is 5.61. The number of sulfone groups is 1. The van der Waals surface area contributed by atoms with Gasteiger partial charge in [-0.2, -0.15) is 0 Å². The van der Waals surface area contributed by atoms with Crippen molar-refractivity contribution < 1.29 is 17.2 Å². The van der Waals surface area contributed by atoms with Crippen molar-refractivity contribution >= 4 is 27.1 Å². The predicted molar refractivity (Wildman–Crippen MR) is 78.3 cm³/mol. The molecule has 0 aromatic heterocycles. The summed E-state index contributed by atoms with van der Waals surface area (Å²) < 4.78 is 52.5. The van der Waals surface area contributed by atoms with Crippen LogP contribution in [0.3, 0.4) is 0 Å². The molecule has 0 radical (unpaired) electrons. The molecule has 0 aliphatic rings. The Morgan fingerprint density at radius 1 is 1.10 bits per heavy atom. The average molecular weight is 332 g/mol. The van der Waals surface area contributed by atoms with Gasteiger partial charge in [0.25, 0.3) is 5.92 Å². The normalized spacial score (nSPS) is 12.3. The molecule has 2 rings (SSSR count). The first-order valence-electron chi connectivity index (χ1n) is 5.93. The van der Waals surface area contributed by atoms with Crippen LogP contribution < -0.4 is 5.73 Å². The van der Waals surface area contributed by atoms with Gasteiger partial charge < -0.3 is 5.73 Å². The summed E-state index contributed by atoms with van der Waals surface area (Å²) in [6.07, 6.45) is 0. The lowest BCUT2D eigenvalue weighted by Gasteiger charge is -2.17. The number of anilines is 1. The molecule has 0 saturated heterocycles. The highest BCUT2D eigenvalue weighted by Gasteiger charge is 2.38. The first-order valence-corrected chi connectivity index (χ1v) is 7.96. The van der Waals surface area contributed by atoms with E-state index in [0.29, 0.717) is 0 Å². The Morgan fingerprint density at radius 3 is 2.29 bits per heavy atom. The van der Waals surface area contributed by atoms with Crippen LogP contribution in [0.1, 0.15) is 5.56 Å². The fourth-order valence-corrected chi connectivity index (χ4v) is 3.82. The molecular formula is C14H12ClF2NO2S. The smallest absolute Gasteiger partial charge is 0.287 e. The van der Waals surface area contributed by atoms with E-state index in [1.807, 2.05) is 0 Å². The van der Waals surface area contributed by atoms with Crippen molar-refractivity contribution in [1.29, 1.82) is 0 Å². The van der Waals surface area contributed by atoms with Gasteiger partial charge in [0.05, 0.1) is 9.92 Å². The molecule has 2 N–H and O–H groups in total. The van der Waals surface area contributed by atoms with Crippen LogP contribution in [0.4, 0.5) is 14.5 Å². The fourth-order valence-electron chi connectivity index (χ4n) is 1.85. The Balaban J connectivity index is 2.37. The van der Waals surface area contributed by atoms with E-state index in [0.717, 1.165) is 6.07 Å². The molecule has 0 fully saturated rings. The number of hydrogen-bond donors (Lipinski definition) is 1. The lowest BCUT2D eigenvalue weighted by atomic mass is 10.1. The maximum absolute atomic E-state index is 14.1. The van der Waals surface area contributed by atoms with Crippen molar-refractivity contribution in [2.75, 3.05) is 11.5 Å². The molecule has 2 aromatic rings. The Labute approximate surface area is 126 Å². The van der Waals surface area contributed by atoms with Crippen LogP contribution in [-0.4, -0.2) is 14.2 Å². The first-order chi connectivity index (χ1) is 9.72. The van der Waals surface area contributed by atoms with E-state index in [1.165, 1.54) is 36.4 Å². The summed E-state index contributed by atoms with van der Waals surface area (Å²) in [4.78, 5) is -0.353. The zero-order valence-electron chi connectivity index (χ0n) is 10.8. The lowest BCUT2D eigenvalue weighted by molar-refractivity contribution is 0.0213. The number of nitrogen functional groups attached to an aromatic ring is 1. The van der Waals surface area contributed by atoms with E-state index in [-0.39, 0.29) is 21.2 Å². The molecule has 21 heavy (non-hydrogen) atoms. The van der Waals surface area contributed by atoms with E-state index >= 15 is 0 Å². The maximum atomic E-state index is 14.1. The highest BCUT2D eigenvalue weighted by molar-refractivity contribution is 7.91. The van der Waals surface area contributed by atoms with Crippen molar-refractivity contribution in [3.63, 3.8) is 0 Å². The topological polar surface area (TPSA) is 60.2 Å². The third kappa shape index (κ3) is 3.51. The summed E-state index contributed by atoms with van der Waals surface area (Å²) in [5.41, 5.74) is 5.36. The van der Waals surface area contributed by atoms with Crippen LogP contribution in [0, 0.1) is 0 Å². The number of benzene rings is 2. The molecule has 0 aliphatic heterocycles. The zero-order valence-corrected chi connectivity index (χ0v) is 12.3. The minimum atomic E-state index is -4.25. The molecule has 112 valence electrons. The summed E-state index contributed by atoms with van der Waals surface area (Å²) in [6, 6.07) is 10.4. The third-order valence-corrected chi connectivity index (χ3v) is 5.05. The Morgan fingerprint density at radius 2 is 1.71 bits per heavy atom. The number of hydrogen-bond acceptors (Lipinski definition) is 3. The number of halogens is 3. The molecule has 0 saturated carbocycles. The second-order valence-electron chi connectivity index (χ2n) is 4.52. The molecule has 0 heterocycles. The van der Waals surface area contributed by atoms with E-state index in [2.05, 4.69) is 0 Å². The van der Waals surface area contributed by atoms with Gasteiger partial charge in [-0.1, -0.05) is 41.9 Å². The van der Waals surface area contributed by atoms with Crippen LogP contribution in [-0.2, 0) is 15.8 Å². The summed E-state index contributed by atoms with van der Waals surface area (Å²) in [7, 11) is -4.25. The quantitative estimate of drug-likeness (QED) is 0.872. The van der Waals surface area contributed by atoms with Crippen LogP contribution >= 0.6 is 11.6 Å². The van der Waals surface area contributed by atoms with Gasteiger partial charge in [-0.15, -0.1) is 0 Å². The van der Waals surface area contributed by atoms with E-state index in [1.54, 1.807) is 6.07 Å². The van der Waals surface area contributed by atoms with Gasteiger partial charge in [0.15, 0.2) is 9.84 Å². The van der Waals surface area contributed by atoms with E-state index in [4.69, 9.17) is 17.3 Å². The van der Waals surface area contributed by atoms with Crippen LogP contribution in [0.15, 0.2) is 53.4 Å². The molecule has 0 amide bonds. The molecule has 3 nitrogen and oxygen atoms in total. The van der Waals surface area contributed by atoms with Gasteiger partial charge in [-0.25, -0.2) is 17.2 Å². The van der Waals surface area contributed by atoms with Crippen molar-refractivity contribution in [1.82, 2.24) is 0 Å². The number of alkyl halides is 2. The molecule has 0 aliphatic carbocycles. The standard InChI is InChI=1S/C14H12ClF2NO2S/c15-12-8-11(18)6-7-13(12)21(19,20)9-14(16,17)10-4-2-1-3-5-10/h1-8H,9,18H2. The SMILES string of the molecule is Nc1ccc(S(=O)(=O)CC(F)(F)c2ccccc2)c(Cl)c1. The molecule has 0 unspecified atom stereocenters. The molecule has 7 heteroatoms. The van der Waals surface area contributed by atoms with Crippen LogP contribution in [0.25, 0.3) is 0 Å². The highest BCUT2D eigenvalue weighted by Crippen LogP contribution is 2.33. The van der Waals surface area contributed by atoms with Crippen molar-refractivity contribution in [3.8, 4) is 0 Å². The van der Waals surface area contributed by atoms with Gasteiger partial charge in [0, 0.05) is 11.3 Å². The van der Waals surface area contributed by atoms with Gasteiger partial charge >= 0.3 is 0 Å². The third-order valence-electron chi connectivity index (χ3n) is 2.86. The molecule has 2 aromatic carbocycles. The summed E-state index contributed by atoms with van der Waals surface area (Å²) in [6.45, 7) is 0. The highest BCUT2D eigenvalue weighted by atomic mass is 35.5. The first kappa shape index (κ1) is 15.7. The van der Waals surface area contributed by atoms with Crippen molar-refractivity contribution in [3.05, 3.63) is 59.1 Å². The molecular weight excluding hydrogens is 320 g/mol. The zero-order chi connectivity index (χ0) is 15.7. The fraction of sp³-hybridized carbons (Fsp3) is 0.143. The summed E-state index contributed by atoms with van der Waals surface area (Å²) in [5, 5.41) is -0.168. The van der Waals surface area contributed by atoms with Gasteiger partial charge in [-0.05, 0) is 18.2 Å². The van der Waals surface area contributed by atoms with Gasteiger partial charge in [0.1, 0.15) is 5.75 Å².